The van der Waals surface area contributed by atoms with Crippen LogP contribution in [0, 0.1) is 5.92 Å². The predicted molar refractivity (Wildman–Crippen MR) is 119 cm³/mol. The van der Waals surface area contributed by atoms with Crippen LogP contribution in [0.4, 0.5) is 0 Å². The summed E-state index contributed by atoms with van der Waals surface area (Å²) in [5.41, 5.74) is 2.30. The molecule has 1 saturated heterocycles. The second kappa shape index (κ2) is 9.94. The molecule has 3 rings (SSSR count). The van der Waals surface area contributed by atoms with Gasteiger partial charge in [-0.3, -0.25) is 4.90 Å². The van der Waals surface area contributed by atoms with Crippen molar-refractivity contribution < 1.29 is 9.84 Å². The summed E-state index contributed by atoms with van der Waals surface area (Å²) in [6.45, 7) is 9.81. The summed E-state index contributed by atoms with van der Waals surface area (Å²) in [6, 6.07) is 16.7. The molecule has 0 radical (unpaired) electrons. The highest BCUT2D eigenvalue weighted by Gasteiger charge is 2.47. The van der Waals surface area contributed by atoms with Crippen LogP contribution in [0.2, 0.25) is 5.02 Å². The zero-order valence-electron chi connectivity index (χ0n) is 17.7. The van der Waals surface area contributed by atoms with E-state index in [1.165, 1.54) is 11.1 Å². The van der Waals surface area contributed by atoms with Crippen molar-refractivity contribution in [2.75, 3.05) is 26.3 Å². The van der Waals surface area contributed by atoms with Crippen LogP contribution in [-0.2, 0) is 6.54 Å². The van der Waals surface area contributed by atoms with Gasteiger partial charge in [0, 0.05) is 29.7 Å². The first-order valence-electron chi connectivity index (χ1n) is 10.6. The molecule has 5 heteroatoms. The molecule has 0 aliphatic carbocycles. The van der Waals surface area contributed by atoms with E-state index >= 15 is 0 Å². The van der Waals surface area contributed by atoms with E-state index in [4.69, 9.17) is 16.3 Å². The lowest BCUT2D eigenvalue weighted by Crippen LogP contribution is -2.45. The average Bonchev–Trinajstić information content (AvgIpc) is 3.02. The number of aliphatic hydroxyl groups is 1. The standard InChI is InChI=1S/C24H33ClN2O2/c1-4-27-23(19-8-10-21(25)11-9-19)20(14-24(27,3)17-28)16-26-15-18-6-12-22(13-7-18)29-5-2/h6-13,20,23,26,28H,4-5,14-17H2,1-3H3/t20-,23+,24+/m1/s1. The van der Waals surface area contributed by atoms with E-state index in [9.17, 15) is 5.11 Å². The van der Waals surface area contributed by atoms with E-state index in [0.29, 0.717) is 12.5 Å². The molecule has 0 saturated carbocycles. The molecule has 1 fully saturated rings. The van der Waals surface area contributed by atoms with Crippen LogP contribution in [0.15, 0.2) is 48.5 Å². The maximum atomic E-state index is 10.1. The normalized spacial score (nSPS) is 24.7. The molecule has 1 aliphatic rings. The Balaban J connectivity index is 1.70. The highest BCUT2D eigenvalue weighted by molar-refractivity contribution is 6.30. The van der Waals surface area contributed by atoms with Gasteiger partial charge in [0.25, 0.3) is 0 Å². The molecule has 2 N–H and O–H groups in total. The van der Waals surface area contributed by atoms with E-state index in [1.807, 2.05) is 31.2 Å². The number of benzene rings is 2. The Morgan fingerprint density at radius 1 is 1.14 bits per heavy atom. The van der Waals surface area contributed by atoms with Crippen LogP contribution in [0.3, 0.4) is 0 Å². The molecule has 29 heavy (non-hydrogen) atoms. The van der Waals surface area contributed by atoms with Crippen LogP contribution in [0.5, 0.6) is 5.75 Å². The second-order valence-corrected chi connectivity index (χ2v) is 8.55. The fourth-order valence-corrected chi connectivity index (χ4v) is 4.81. The van der Waals surface area contributed by atoms with Gasteiger partial charge in [-0.15, -0.1) is 0 Å². The van der Waals surface area contributed by atoms with Crippen LogP contribution in [0.25, 0.3) is 0 Å². The molecular weight excluding hydrogens is 384 g/mol. The van der Waals surface area contributed by atoms with Crippen molar-refractivity contribution in [3.05, 3.63) is 64.7 Å². The highest BCUT2D eigenvalue weighted by atomic mass is 35.5. The van der Waals surface area contributed by atoms with Crippen LogP contribution in [0.1, 0.15) is 44.4 Å². The van der Waals surface area contributed by atoms with Gasteiger partial charge in [-0.2, -0.15) is 0 Å². The highest BCUT2D eigenvalue weighted by Crippen LogP contribution is 2.46. The Labute approximate surface area is 179 Å². The SMILES string of the molecule is CCOc1ccc(CNC[C@H]2C[C@@](C)(CO)N(CC)[C@H]2c2ccc(Cl)cc2)cc1. The van der Waals surface area contributed by atoms with Gasteiger partial charge in [0.15, 0.2) is 0 Å². The van der Waals surface area contributed by atoms with Gasteiger partial charge in [-0.1, -0.05) is 42.8 Å². The third kappa shape index (κ3) is 5.13. The van der Waals surface area contributed by atoms with Crippen molar-refractivity contribution in [2.45, 2.75) is 45.3 Å². The van der Waals surface area contributed by atoms with Gasteiger partial charge in [-0.05, 0) is 68.1 Å². The van der Waals surface area contributed by atoms with E-state index in [0.717, 1.165) is 36.8 Å². The quantitative estimate of drug-likeness (QED) is 0.623. The Hall–Kier alpha value is -1.59. The van der Waals surface area contributed by atoms with Crippen molar-refractivity contribution in [3.63, 3.8) is 0 Å². The number of nitrogens with zero attached hydrogens (tertiary/aromatic N) is 1. The minimum Gasteiger partial charge on any atom is -0.494 e. The van der Waals surface area contributed by atoms with E-state index in [2.05, 4.69) is 48.3 Å². The molecular formula is C24H33ClN2O2. The summed E-state index contributed by atoms with van der Waals surface area (Å²) < 4.78 is 5.52. The van der Waals surface area contributed by atoms with Crippen LogP contribution >= 0.6 is 11.6 Å². The van der Waals surface area contributed by atoms with Crippen LogP contribution in [-0.4, -0.2) is 41.8 Å². The van der Waals surface area contributed by atoms with Crippen molar-refractivity contribution in [2.24, 2.45) is 5.92 Å². The molecule has 0 amide bonds. The number of likely N-dealkylation sites (tertiary alicyclic amines) is 1. The minimum atomic E-state index is -0.204. The molecule has 1 heterocycles. The summed E-state index contributed by atoms with van der Waals surface area (Å²) >= 11 is 6.12. The zero-order chi connectivity index (χ0) is 20.9. The lowest BCUT2D eigenvalue weighted by atomic mass is 9.90. The Morgan fingerprint density at radius 2 is 1.83 bits per heavy atom. The van der Waals surface area contributed by atoms with Crippen molar-refractivity contribution >= 4 is 11.6 Å². The average molecular weight is 417 g/mol. The number of nitrogens with one attached hydrogen (secondary N) is 1. The van der Waals surface area contributed by atoms with E-state index in [-0.39, 0.29) is 18.2 Å². The molecule has 3 atom stereocenters. The second-order valence-electron chi connectivity index (χ2n) is 8.11. The fraction of sp³-hybridized carbons (Fsp3) is 0.500. The van der Waals surface area contributed by atoms with Gasteiger partial charge in [-0.25, -0.2) is 0 Å². The van der Waals surface area contributed by atoms with Crippen molar-refractivity contribution in [1.29, 1.82) is 0 Å². The molecule has 0 unspecified atom stereocenters. The number of aliphatic hydroxyl groups excluding tert-OH is 1. The number of ether oxygens (including phenoxy) is 1. The summed E-state index contributed by atoms with van der Waals surface area (Å²) in [4.78, 5) is 2.44. The predicted octanol–water partition coefficient (Wildman–Crippen LogP) is 4.66. The van der Waals surface area contributed by atoms with E-state index in [1.54, 1.807) is 0 Å². The first-order chi connectivity index (χ1) is 14.0. The van der Waals surface area contributed by atoms with Crippen molar-refractivity contribution in [3.8, 4) is 5.75 Å². The molecule has 1 aliphatic heterocycles. The molecule has 0 bridgehead atoms. The number of hydrogen-bond acceptors (Lipinski definition) is 4. The number of rotatable bonds is 9. The lowest BCUT2D eigenvalue weighted by Gasteiger charge is -2.37. The summed E-state index contributed by atoms with van der Waals surface area (Å²) in [7, 11) is 0. The minimum absolute atomic E-state index is 0.167. The maximum Gasteiger partial charge on any atom is 0.119 e. The topological polar surface area (TPSA) is 44.7 Å². The Kier molecular flexibility index (Phi) is 7.58. The largest absolute Gasteiger partial charge is 0.494 e. The third-order valence-electron chi connectivity index (χ3n) is 6.04. The molecule has 2 aromatic carbocycles. The molecule has 0 spiro atoms. The van der Waals surface area contributed by atoms with Crippen LogP contribution < -0.4 is 10.1 Å². The monoisotopic (exact) mass is 416 g/mol. The maximum absolute atomic E-state index is 10.1. The Bertz CT molecular complexity index is 765. The van der Waals surface area contributed by atoms with Gasteiger partial charge in [0.1, 0.15) is 5.75 Å². The van der Waals surface area contributed by atoms with Gasteiger partial charge >= 0.3 is 0 Å². The summed E-state index contributed by atoms with van der Waals surface area (Å²) in [5, 5.41) is 14.5. The smallest absolute Gasteiger partial charge is 0.119 e. The van der Waals surface area contributed by atoms with E-state index < -0.39 is 0 Å². The summed E-state index contributed by atoms with van der Waals surface area (Å²) in [5.74, 6) is 1.32. The molecule has 0 aromatic heterocycles. The molecule has 4 nitrogen and oxygen atoms in total. The molecule has 158 valence electrons. The summed E-state index contributed by atoms with van der Waals surface area (Å²) in [6.07, 6.45) is 0.959. The first kappa shape index (κ1) is 22.1. The zero-order valence-corrected chi connectivity index (χ0v) is 18.5. The molecule has 2 aromatic rings. The van der Waals surface area contributed by atoms with Gasteiger partial charge in [0.05, 0.1) is 13.2 Å². The third-order valence-corrected chi connectivity index (χ3v) is 6.29. The van der Waals surface area contributed by atoms with Crippen molar-refractivity contribution in [1.82, 2.24) is 10.2 Å². The van der Waals surface area contributed by atoms with Gasteiger partial charge < -0.3 is 15.2 Å². The Morgan fingerprint density at radius 3 is 2.41 bits per heavy atom. The first-order valence-corrected chi connectivity index (χ1v) is 10.9. The van der Waals surface area contributed by atoms with Gasteiger partial charge in [0.2, 0.25) is 0 Å². The number of likely N-dealkylation sites (N-methyl/N-ethyl adjacent to an activating group) is 1. The number of halogens is 1. The number of hydrogen-bond donors (Lipinski definition) is 2. The lowest BCUT2D eigenvalue weighted by molar-refractivity contribution is 0.0579. The fourth-order valence-electron chi connectivity index (χ4n) is 4.69.